The highest BCUT2D eigenvalue weighted by Crippen LogP contribution is 2.44. The lowest BCUT2D eigenvalue weighted by atomic mass is 9.86. The summed E-state index contributed by atoms with van der Waals surface area (Å²) in [5, 5.41) is 9.66. The van der Waals surface area contributed by atoms with Crippen molar-refractivity contribution in [1.29, 1.82) is 0 Å². The molecule has 0 amide bonds. The number of benzene rings is 2. The molecular weight excluding hydrogens is 428 g/mol. The van der Waals surface area contributed by atoms with Crippen LogP contribution in [0.15, 0.2) is 24.3 Å². The minimum Gasteiger partial charge on any atom is -0.507 e. The maximum Gasteiger partial charge on any atom is 0.324 e. The van der Waals surface area contributed by atoms with Gasteiger partial charge in [-0.2, -0.15) is 0 Å². The Kier molecular flexibility index (Phi) is 7.60. The summed E-state index contributed by atoms with van der Waals surface area (Å²) in [5.74, 6) is 1.66. The highest BCUT2D eigenvalue weighted by atomic mass is 35.5. The fourth-order valence-corrected chi connectivity index (χ4v) is 4.34. The number of ether oxygens (including phenoxy) is 3. The molecule has 1 heterocycles. The van der Waals surface area contributed by atoms with E-state index in [0.717, 1.165) is 58.6 Å². The Morgan fingerprint density at radius 2 is 1.88 bits per heavy atom. The Bertz CT molecular complexity index is 969. The number of carbonyl (C=O) groups excluding carboxylic acids is 1. The Hall–Kier alpha value is -2.40. The minimum atomic E-state index is -0.689. The molecule has 0 aromatic heterocycles. The number of halogens is 1. The van der Waals surface area contributed by atoms with Gasteiger partial charge in [-0.25, -0.2) is 0 Å². The topological polar surface area (TPSA) is 65.0 Å². The number of fused-ring (bicyclic) bond motifs is 1. The Labute approximate surface area is 195 Å². The molecular formula is C26H33ClO5. The van der Waals surface area contributed by atoms with Crippen molar-refractivity contribution in [2.45, 2.75) is 71.3 Å². The Balaban J connectivity index is 1.56. The average molecular weight is 461 g/mol. The summed E-state index contributed by atoms with van der Waals surface area (Å²) in [6.07, 6.45) is 2.91. The molecule has 2 aromatic carbocycles. The van der Waals surface area contributed by atoms with Gasteiger partial charge in [0, 0.05) is 12.0 Å². The van der Waals surface area contributed by atoms with E-state index in [1.54, 1.807) is 6.92 Å². The van der Waals surface area contributed by atoms with E-state index in [0.29, 0.717) is 25.4 Å². The van der Waals surface area contributed by atoms with Crippen molar-refractivity contribution >= 4 is 17.6 Å². The molecule has 174 valence electrons. The molecule has 2 atom stereocenters. The highest BCUT2D eigenvalue weighted by molar-refractivity contribution is 6.30. The van der Waals surface area contributed by atoms with Crippen LogP contribution in [0.4, 0.5) is 0 Å². The van der Waals surface area contributed by atoms with Gasteiger partial charge in [0.25, 0.3) is 0 Å². The van der Waals surface area contributed by atoms with Gasteiger partial charge in [0.05, 0.1) is 13.2 Å². The molecule has 0 saturated carbocycles. The van der Waals surface area contributed by atoms with Crippen molar-refractivity contribution in [2.75, 3.05) is 13.2 Å². The summed E-state index contributed by atoms with van der Waals surface area (Å²) in [6.45, 7) is 10.6. The first-order chi connectivity index (χ1) is 15.1. The van der Waals surface area contributed by atoms with E-state index in [4.69, 9.17) is 25.8 Å². The number of carbonyl (C=O) groups is 1. The second kappa shape index (κ2) is 10.0. The van der Waals surface area contributed by atoms with E-state index < -0.39 is 11.3 Å². The van der Waals surface area contributed by atoms with Crippen LogP contribution in [0, 0.1) is 20.8 Å². The summed E-state index contributed by atoms with van der Waals surface area (Å²) in [7, 11) is 0. The first-order valence-electron chi connectivity index (χ1n) is 11.2. The molecule has 0 saturated heterocycles. The van der Waals surface area contributed by atoms with Crippen molar-refractivity contribution < 1.29 is 24.1 Å². The van der Waals surface area contributed by atoms with Gasteiger partial charge < -0.3 is 19.3 Å². The number of rotatable bonds is 8. The van der Waals surface area contributed by atoms with Crippen LogP contribution < -0.4 is 9.47 Å². The molecule has 6 heteroatoms. The molecule has 0 aliphatic carbocycles. The monoisotopic (exact) mass is 460 g/mol. The minimum absolute atomic E-state index is 0.320. The van der Waals surface area contributed by atoms with E-state index in [-0.39, 0.29) is 5.60 Å². The van der Waals surface area contributed by atoms with Crippen molar-refractivity contribution in [1.82, 2.24) is 0 Å². The summed E-state index contributed by atoms with van der Waals surface area (Å²) < 4.78 is 17.4. The fourth-order valence-electron chi connectivity index (χ4n) is 4.10. The van der Waals surface area contributed by atoms with E-state index in [9.17, 15) is 9.90 Å². The van der Waals surface area contributed by atoms with Gasteiger partial charge in [-0.1, -0.05) is 12.1 Å². The maximum atomic E-state index is 11.7. The smallest absolute Gasteiger partial charge is 0.324 e. The summed E-state index contributed by atoms with van der Waals surface area (Å²) in [5.41, 5.74) is 4.55. The van der Waals surface area contributed by atoms with Crippen molar-refractivity contribution in [3.63, 3.8) is 0 Å². The lowest BCUT2D eigenvalue weighted by Crippen LogP contribution is -2.38. The largest absolute Gasteiger partial charge is 0.507 e. The molecule has 1 N–H and O–H groups in total. The zero-order valence-electron chi connectivity index (χ0n) is 19.6. The number of hydrogen-bond acceptors (Lipinski definition) is 5. The van der Waals surface area contributed by atoms with Crippen molar-refractivity contribution in [2.24, 2.45) is 0 Å². The molecule has 3 rings (SSSR count). The van der Waals surface area contributed by atoms with Crippen LogP contribution in [0.1, 0.15) is 54.5 Å². The lowest BCUT2D eigenvalue weighted by Gasteiger charge is -2.38. The number of phenolic OH excluding ortho intramolecular Hbond substituents is 1. The summed E-state index contributed by atoms with van der Waals surface area (Å²) >= 11 is 6.11. The molecule has 1 aliphatic heterocycles. The zero-order chi connectivity index (χ0) is 23.5. The van der Waals surface area contributed by atoms with Crippen LogP contribution >= 0.6 is 11.6 Å². The summed E-state index contributed by atoms with van der Waals surface area (Å²) in [4.78, 5) is 11.7. The maximum absolute atomic E-state index is 11.7. The Morgan fingerprint density at radius 1 is 1.19 bits per heavy atom. The SMILES string of the molecule is CCOC(=O)C(Cl)Cc1ccc(OCCC2(C)CCc3c(C)c(O)c(C)c(C)c3O2)cc1. The molecule has 1 aliphatic rings. The second-order valence-corrected chi connectivity index (χ2v) is 9.28. The third-order valence-corrected chi connectivity index (χ3v) is 6.71. The molecule has 5 nitrogen and oxygen atoms in total. The quantitative estimate of drug-likeness (QED) is 0.411. The normalized spacial score (nSPS) is 18.4. The number of esters is 1. The van der Waals surface area contributed by atoms with Crippen molar-refractivity contribution in [3.05, 3.63) is 52.1 Å². The van der Waals surface area contributed by atoms with Crippen LogP contribution in [0.3, 0.4) is 0 Å². The first kappa shape index (κ1) is 24.2. The standard InChI is InChI=1S/C26H33ClO5/c1-6-30-25(29)22(27)15-19-7-9-20(10-8-19)31-14-13-26(5)12-11-21-18(4)23(28)16(2)17(3)24(21)32-26/h7-10,22,28H,6,11-15H2,1-5H3. The predicted molar refractivity (Wildman–Crippen MR) is 126 cm³/mol. The molecule has 2 unspecified atom stereocenters. The van der Waals surface area contributed by atoms with E-state index in [2.05, 4.69) is 6.92 Å². The third kappa shape index (κ3) is 5.32. The van der Waals surface area contributed by atoms with Gasteiger partial charge >= 0.3 is 5.97 Å². The molecule has 0 radical (unpaired) electrons. The average Bonchev–Trinajstić information content (AvgIpc) is 2.77. The van der Waals surface area contributed by atoms with Gasteiger partial charge in [-0.15, -0.1) is 11.6 Å². The zero-order valence-corrected chi connectivity index (χ0v) is 20.3. The van der Waals surface area contributed by atoms with Crippen molar-refractivity contribution in [3.8, 4) is 17.2 Å². The van der Waals surface area contributed by atoms with Gasteiger partial charge in [-0.05, 0) is 88.3 Å². The third-order valence-electron chi connectivity index (χ3n) is 6.37. The van der Waals surface area contributed by atoms with Crippen LogP contribution in [0.5, 0.6) is 17.2 Å². The Morgan fingerprint density at radius 3 is 2.53 bits per heavy atom. The number of aromatic hydroxyl groups is 1. The van der Waals surface area contributed by atoms with Crippen LogP contribution in [-0.2, 0) is 22.4 Å². The van der Waals surface area contributed by atoms with E-state index >= 15 is 0 Å². The van der Waals surface area contributed by atoms with E-state index in [1.807, 2.05) is 45.0 Å². The van der Waals surface area contributed by atoms with Gasteiger partial charge in [0.2, 0.25) is 0 Å². The van der Waals surface area contributed by atoms with Crippen LogP contribution in [0.2, 0.25) is 0 Å². The molecule has 32 heavy (non-hydrogen) atoms. The van der Waals surface area contributed by atoms with Gasteiger partial charge in [0.15, 0.2) is 0 Å². The lowest BCUT2D eigenvalue weighted by molar-refractivity contribution is -0.142. The molecule has 0 bridgehead atoms. The fraction of sp³-hybridized carbons (Fsp3) is 0.500. The number of phenols is 1. The van der Waals surface area contributed by atoms with E-state index in [1.165, 1.54) is 0 Å². The van der Waals surface area contributed by atoms with Gasteiger partial charge in [0.1, 0.15) is 28.2 Å². The molecule has 0 fully saturated rings. The van der Waals surface area contributed by atoms with Crippen LogP contribution in [0.25, 0.3) is 0 Å². The number of hydrogen-bond donors (Lipinski definition) is 1. The highest BCUT2D eigenvalue weighted by Gasteiger charge is 2.34. The first-order valence-corrected chi connectivity index (χ1v) is 11.6. The van der Waals surface area contributed by atoms with Crippen LogP contribution in [-0.4, -0.2) is 35.3 Å². The number of alkyl halides is 1. The second-order valence-electron chi connectivity index (χ2n) is 8.75. The van der Waals surface area contributed by atoms with Gasteiger partial charge in [-0.3, -0.25) is 4.79 Å². The summed E-state index contributed by atoms with van der Waals surface area (Å²) in [6, 6.07) is 7.62. The predicted octanol–water partition coefficient (Wildman–Crippen LogP) is 5.58. The molecule has 0 spiro atoms. The molecule has 2 aromatic rings.